The van der Waals surface area contributed by atoms with E-state index in [4.69, 9.17) is 14.2 Å². The minimum absolute atomic E-state index is 0.176. The van der Waals surface area contributed by atoms with Gasteiger partial charge in [-0.05, 0) is 60.9 Å². The fraction of sp³-hybridized carbons (Fsp3) is 0.240. The standard InChI is InChI=1S/C25H27NO4/c1-17-5-14-24(30-4)22(15-17)25(27)26-23(19-8-12-21(29-3)13-9-19)16-18-6-10-20(28-2)11-7-18/h5-15,23H,16H2,1-4H3,(H,26,27). The molecule has 0 heterocycles. The van der Waals surface area contributed by atoms with Gasteiger partial charge in [-0.3, -0.25) is 4.79 Å². The van der Waals surface area contributed by atoms with Gasteiger partial charge in [-0.2, -0.15) is 0 Å². The van der Waals surface area contributed by atoms with E-state index in [0.717, 1.165) is 28.2 Å². The number of benzene rings is 3. The van der Waals surface area contributed by atoms with Gasteiger partial charge in [0.1, 0.15) is 17.2 Å². The molecule has 5 heteroatoms. The monoisotopic (exact) mass is 405 g/mol. The van der Waals surface area contributed by atoms with E-state index in [9.17, 15) is 4.79 Å². The Morgan fingerprint density at radius 2 is 1.43 bits per heavy atom. The molecule has 0 bridgehead atoms. The summed E-state index contributed by atoms with van der Waals surface area (Å²) in [5.41, 5.74) is 3.60. The van der Waals surface area contributed by atoms with Crippen LogP contribution in [0.15, 0.2) is 66.7 Å². The highest BCUT2D eigenvalue weighted by atomic mass is 16.5. The van der Waals surface area contributed by atoms with Crippen molar-refractivity contribution < 1.29 is 19.0 Å². The molecule has 1 unspecified atom stereocenters. The first-order chi connectivity index (χ1) is 14.5. The summed E-state index contributed by atoms with van der Waals surface area (Å²) < 4.78 is 15.9. The average Bonchev–Trinajstić information content (AvgIpc) is 2.79. The predicted molar refractivity (Wildman–Crippen MR) is 118 cm³/mol. The van der Waals surface area contributed by atoms with Crippen LogP contribution < -0.4 is 19.5 Å². The molecule has 1 amide bonds. The second-order valence-corrected chi connectivity index (χ2v) is 7.06. The van der Waals surface area contributed by atoms with E-state index < -0.39 is 0 Å². The number of amides is 1. The third-order valence-electron chi connectivity index (χ3n) is 5.02. The highest BCUT2D eigenvalue weighted by Crippen LogP contribution is 2.25. The van der Waals surface area contributed by atoms with Gasteiger partial charge in [0, 0.05) is 0 Å². The summed E-state index contributed by atoms with van der Waals surface area (Å²) in [5, 5.41) is 3.18. The maximum atomic E-state index is 13.1. The molecule has 3 rings (SSSR count). The van der Waals surface area contributed by atoms with Gasteiger partial charge in [0.25, 0.3) is 5.91 Å². The lowest BCUT2D eigenvalue weighted by Gasteiger charge is -2.21. The van der Waals surface area contributed by atoms with Crippen LogP contribution in [-0.2, 0) is 6.42 Å². The third kappa shape index (κ3) is 5.11. The van der Waals surface area contributed by atoms with E-state index in [-0.39, 0.29) is 11.9 Å². The van der Waals surface area contributed by atoms with Crippen molar-refractivity contribution in [2.75, 3.05) is 21.3 Å². The van der Waals surface area contributed by atoms with Gasteiger partial charge in [-0.15, -0.1) is 0 Å². The number of aryl methyl sites for hydroxylation is 1. The molecule has 156 valence electrons. The Morgan fingerprint density at radius 3 is 2.00 bits per heavy atom. The molecule has 1 N–H and O–H groups in total. The number of carbonyl (C=O) groups excluding carboxylic acids is 1. The summed E-state index contributed by atoms with van der Waals surface area (Å²) in [5.74, 6) is 1.95. The number of rotatable bonds is 8. The first kappa shape index (κ1) is 21.2. The van der Waals surface area contributed by atoms with Crippen molar-refractivity contribution in [3.05, 3.63) is 89.0 Å². The fourth-order valence-electron chi connectivity index (χ4n) is 3.32. The number of hydrogen-bond acceptors (Lipinski definition) is 4. The molecule has 0 spiro atoms. The molecule has 0 radical (unpaired) electrons. The van der Waals surface area contributed by atoms with Crippen LogP contribution in [0.2, 0.25) is 0 Å². The van der Waals surface area contributed by atoms with Crippen molar-refractivity contribution in [3.8, 4) is 17.2 Å². The van der Waals surface area contributed by atoms with Gasteiger partial charge >= 0.3 is 0 Å². The highest BCUT2D eigenvalue weighted by molar-refractivity contribution is 5.97. The Balaban J connectivity index is 1.89. The molecule has 5 nitrogen and oxygen atoms in total. The Hall–Kier alpha value is -3.47. The molecule has 0 fully saturated rings. The lowest BCUT2D eigenvalue weighted by molar-refractivity contribution is 0.0933. The third-order valence-corrected chi connectivity index (χ3v) is 5.02. The molecule has 0 aliphatic heterocycles. The topological polar surface area (TPSA) is 56.8 Å². The van der Waals surface area contributed by atoms with Gasteiger partial charge in [0.15, 0.2) is 0 Å². The summed E-state index contributed by atoms with van der Waals surface area (Å²) in [4.78, 5) is 13.1. The molecule has 0 aliphatic carbocycles. The normalized spacial score (nSPS) is 11.5. The zero-order valence-electron chi connectivity index (χ0n) is 17.8. The van der Waals surface area contributed by atoms with Crippen molar-refractivity contribution in [2.45, 2.75) is 19.4 Å². The Labute approximate surface area is 177 Å². The van der Waals surface area contributed by atoms with Crippen LogP contribution in [0.25, 0.3) is 0 Å². The Morgan fingerprint density at radius 1 is 0.833 bits per heavy atom. The first-order valence-electron chi connectivity index (χ1n) is 9.76. The molecule has 30 heavy (non-hydrogen) atoms. The van der Waals surface area contributed by atoms with Crippen LogP contribution in [0, 0.1) is 6.92 Å². The summed E-state index contributed by atoms with van der Waals surface area (Å²) in [7, 11) is 4.85. The second-order valence-electron chi connectivity index (χ2n) is 7.06. The number of methoxy groups -OCH3 is 3. The molecule has 1 atom stereocenters. The van der Waals surface area contributed by atoms with Crippen molar-refractivity contribution in [1.82, 2.24) is 5.32 Å². The predicted octanol–water partition coefficient (Wildman–Crippen LogP) is 4.73. The van der Waals surface area contributed by atoms with E-state index in [1.165, 1.54) is 0 Å². The molecule has 3 aromatic rings. The van der Waals surface area contributed by atoms with Crippen molar-refractivity contribution in [1.29, 1.82) is 0 Å². The van der Waals surface area contributed by atoms with Crippen LogP contribution in [0.5, 0.6) is 17.2 Å². The van der Waals surface area contributed by atoms with Crippen LogP contribution in [0.4, 0.5) is 0 Å². The quantitative estimate of drug-likeness (QED) is 0.588. The Bertz CT molecular complexity index is 981. The number of carbonyl (C=O) groups is 1. The smallest absolute Gasteiger partial charge is 0.255 e. The lowest BCUT2D eigenvalue weighted by Crippen LogP contribution is -2.30. The van der Waals surface area contributed by atoms with E-state index in [1.807, 2.05) is 73.7 Å². The number of hydrogen-bond donors (Lipinski definition) is 1. The molecule has 0 saturated carbocycles. The maximum Gasteiger partial charge on any atom is 0.255 e. The maximum absolute atomic E-state index is 13.1. The zero-order valence-corrected chi connectivity index (χ0v) is 17.8. The van der Waals surface area contributed by atoms with Gasteiger partial charge < -0.3 is 19.5 Å². The van der Waals surface area contributed by atoms with Crippen LogP contribution >= 0.6 is 0 Å². The van der Waals surface area contributed by atoms with Crippen molar-refractivity contribution in [2.24, 2.45) is 0 Å². The van der Waals surface area contributed by atoms with E-state index >= 15 is 0 Å². The highest BCUT2D eigenvalue weighted by Gasteiger charge is 2.19. The minimum Gasteiger partial charge on any atom is -0.497 e. The van der Waals surface area contributed by atoms with E-state index in [1.54, 1.807) is 21.3 Å². The van der Waals surface area contributed by atoms with E-state index in [2.05, 4.69) is 5.32 Å². The first-order valence-corrected chi connectivity index (χ1v) is 9.76. The molecule has 3 aromatic carbocycles. The van der Waals surface area contributed by atoms with E-state index in [0.29, 0.717) is 17.7 Å². The van der Waals surface area contributed by atoms with Gasteiger partial charge in [-0.1, -0.05) is 35.9 Å². The molecular weight excluding hydrogens is 378 g/mol. The molecule has 0 aliphatic rings. The Kier molecular flexibility index (Phi) is 6.96. The zero-order chi connectivity index (χ0) is 21.5. The summed E-state index contributed by atoms with van der Waals surface area (Å²) >= 11 is 0. The SMILES string of the molecule is COc1ccc(CC(NC(=O)c2cc(C)ccc2OC)c2ccc(OC)cc2)cc1. The van der Waals surface area contributed by atoms with Gasteiger partial charge in [0.2, 0.25) is 0 Å². The number of ether oxygens (including phenoxy) is 3. The summed E-state index contributed by atoms with van der Waals surface area (Å²) in [6, 6.07) is 21.0. The molecular formula is C25H27NO4. The number of nitrogens with one attached hydrogen (secondary N) is 1. The molecule has 0 saturated heterocycles. The summed E-state index contributed by atoms with van der Waals surface area (Å²) in [6.07, 6.45) is 0.635. The van der Waals surface area contributed by atoms with Gasteiger partial charge in [0.05, 0.1) is 32.9 Å². The lowest BCUT2D eigenvalue weighted by atomic mass is 9.98. The largest absolute Gasteiger partial charge is 0.497 e. The fourth-order valence-corrected chi connectivity index (χ4v) is 3.32. The average molecular weight is 405 g/mol. The summed E-state index contributed by atoms with van der Waals surface area (Å²) in [6.45, 7) is 1.95. The van der Waals surface area contributed by atoms with Crippen molar-refractivity contribution >= 4 is 5.91 Å². The van der Waals surface area contributed by atoms with Crippen LogP contribution in [-0.4, -0.2) is 27.2 Å². The second kappa shape index (κ2) is 9.83. The van der Waals surface area contributed by atoms with Crippen LogP contribution in [0.1, 0.15) is 33.1 Å². The minimum atomic E-state index is -0.220. The van der Waals surface area contributed by atoms with Crippen molar-refractivity contribution in [3.63, 3.8) is 0 Å². The molecule has 0 aromatic heterocycles. The van der Waals surface area contributed by atoms with Crippen LogP contribution in [0.3, 0.4) is 0 Å². The van der Waals surface area contributed by atoms with Gasteiger partial charge in [-0.25, -0.2) is 0 Å².